The SMILES string of the molecule is CC(C)NC(=O)c1ccc(OC[C@H]2CCCN2C(=O)C2(c3ccccc3)CC2)cc1. The molecule has 1 aliphatic heterocycles. The van der Waals surface area contributed by atoms with Crippen molar-refractivity contribution in [2.24, 2.45) is 0 Å². The molecule has 158 valence electrons. The molecule has 1 heterocycles. The van der Waals surface area contributed by atoms with Gasteiger partial charge in [-0.25, -0.2) is 0 Å². The molecule has 4 rings (SSSR count). The van der Waals surface area contributed by atoms with Crippen LogP contribution >= 0.6 is 0 Å². The number of hydrogen-bond acceptors (Lipinski definition) is 3. The van der Waals surface area contributed by atoms with Gasteiger partial charge in [0, 0.05) is 18.2 Å². The summed E-state index contributed by atoms with van der Waals surface area (Å²) in [5.74, 6) is 0.889. The Kier molecular flexibility index (Phi) is 5.80. The van der Waals surface area contributed by atoms with E-state index in [9.17, 15) is 9.59 Å². The van der Waals surface area contributed by atoms with E-state index in [0.29, 0.717) is 12.2 Å². The summed E-state index contributed by atoms with van der Waals surface area (Å²) in [6.45, 7) is 5.16. The summed E-state index contributed by atoms with van der Waals surface area (Å²) < 4.78 is 6.00. The molecule has 1 saturated heterocycles. The van der Waals surface area contributed by atoms with Gasteiger partial charge < -0.3 is 15.0 Å². The van der Waals surface area contributed by atoms with Crippen molar-refractivity contribution in [3.05, 3.63) is 65.7 Å². The highest BCUT2D eigenvalue weighted by Gasteiger charge is 2.54. The number of nitrogens with zero attached hydrogens (tertiary/aromatic N) is 1. The van der Waals surface area contributed by atoms with Crippen LogP contribution in [0.2, 0.25) is 0 Å². The van der Waals surface area contributed by atoms with E-state index in [1.54, 1.807) is 12.1 Å². The largest absolute Gasteiger partial charge is 0.491 e. The second kappa shape index (κ2) is 8.50. The number of benzene rings is 2. The maximum absolute atomic E-state index is 13.4. The van der Waals surface area contributed by atoms with Crippen molar-refractivity contribution in [1.82, 2.24) is 10.2 Å². The van der Waals surface area contributed by atoms with E-state index in [0.717, 1.165) is 43.5 Å². The topological polar surface area (TPSA) is 58.6 Å². The monoisotopic (exact) mass is 406 g/mol. The highest BCUT2D eigenvalue weighted by atomic mass is 16.5. The molecular formula is C25H30N2O3. The Morgan fingerprint density at radius 1 is 1.10 bits per heavy atom. The predicted molar refractivity (Wildman–Crippen MR) is 117 cm³/mol. The zero-order chi connectivity index (χ0) is 21.1. The Balaban J connectivity index is 1.37. The number of hydrogen-bond donors (Lipinski definition) is 1. The molecule has 1 saturated carbocycles. The van der Waals surface area contributed by atoms with Crippen LogP contribution in [0.5, 0.6) is 5.75 Å². The number of rotatable bonds is 7. The predicted octanol–water partition coefficient (Wildman–Crippen LogP) is 3.93. The summed E-state index contributed by atoms with van der Waals surface area (Å²) in [5.41, 5.74) is 1.43. The van der Waals surface area contributed by atoms with Crippen LogP contribution < -0.4 is 10.1 Å². The molecule has 0 bridgehead atoms. The number of ether oxygens (including phenoxy) is 1. The van der Waals surface area contributed by atoms with Crippen molar-refractivity contribution in [1.29, 1.82) is 0 Å². The van der Waals surface area contributed by atoms with Gasteiger partial charge in [0.05, 0.1) is 11.5 Å². The molecule has 2 aromatic carbocycles. The number of nitrogens with one attached hydrogen (secondary N) is 1. The van der Waals surface area contributed by atoms with Crippen molar-refractivity contribution < 1.29 is 14.3 Å². The fourth-order valence-electron chi connectivity index (χ4n) is 4.30. The van der Waals surface area contributed by atoms with Gasteiger partial charge in [-0.3, -0.25) is 9.59 Å². The standard InChI is InChI=1S/C25H30N2O3/c1-18(2)26-23(28)19-10-12-22(13-11-19)30-17-21-9-6-16-27(21)24(29)25(14-15-25)20-7-4-3-5-8-20/h3-5,7-8,10-13,18,21H,6,9,14-17H2,1-2H3,(H,26,28)/t21-/m1/s1. The quantitative estimate of drug-likeness (QED) is 0.758. The van der Waals surface area contributed by atoms with Crippen LogP contribution in [0.3, 0.4) is 0 Å². The average molecular weight is 407 g/mol. The van der Waals surface area contributed by atoms with Crippen LogP contribution in [0.15, 0.2) is 54.6 Å². The lowest BCUT2D eigenvalue weighted by Gasteiger charge is -2.29. The van der Waals surface area contributed by atoms with E-state index in [-0.39, 0.29) is 29.3 Å². The third-order valence-corrected chi connectivity index (χ3v) is 6.10. The minimum absolute atomic E-state index is 0.0836. The Hall–Kier alpha value is -2.82. The molecule has 1 N–H and O–H groups in total. The first kappa shape index (κ1) is 20.5. The zero-order valence-corrected chi connectivity index (χ0v) is 17.8. The molecular weight excluding hydrogens is 376 g/mol. The summed E-state index contributed by atoms with van der Waals surface area (Å²) in [4.78, 5) is 27.5. The van der Waals surface area contributed by atoms with Gasteiger partial charge in [0.2, 0.25) is 5.91 Å². The number of carbonyl (C=O) groups is 2. The number of amides is 2. The smallest absolute Gasteiger partial charge is 0.251 e. The van der Waals surface area contributed by atoms with Gasteiger partial charge in [-0.2, -0.15) is 0 Å². The van der Waals surface area contributed by atoms with Crippen molar-refractivity contribution in [3.63, 3.8) is 0 Å². The Labute approximate surface area is 178 Å². The van der Waals surface area contributed by atoms with Crippen molar-refractivity contribution >= 4 is 11.8 Å². The summed E-state index contributed by atoms with van der Waals surface area (Å²) in [7, 11) is 0. The fourth-order valence-corrected chi connectivity index (χ4v) is 4.30. The average Bonchev–Trinajstić information content (AvgIpc) is 3.44. The molecule has 1 aliphatic carbocycles. The normalized spacial score (nSPS) is 19.6. The molecule has 2 amide bonds. The van der Waals surface area contributed by atoms with E-state index in [1.807, 2.05) is 49.1 Å². The highest BCUT2D eigenvalue weighted by molar-refractivity contribution is 5.94. The summed E-state index contributed by atoms with van der Waals surface area (Å²) >= 11 is 0. The highest BCUT2D eigenvalue weighted by Crippen LogP contribution is 2.50. The maximum Gasteiger partial charge on any atom is 0.251 e. The van der Waals surface area contributed by atoms with Crippen LogP contribution in [0.25, 0.3) is 0 Å². The van der Waals surface area contributed by atoms with Gasteiger partial charge >= 0.3 is 0 Å². The first-order valence-corrected chi connectivity index (χ1v) is 10.9. The fraction of sp³-hybridized carbons (Fsp3) is 0.440. The van der Waals surface area contributed by atoms with E-state index in [1.165, 1.54) is 0 Å². The van der Waals surface area contributed by atoms with Gasteiger partial charge in [-0.05, 0) is 69.4 Å². The molecule has 2 fully saturated rings. The first-order valence-electron chi connectivity index (χ1n) is 10.9. The second-order valence-electron chi connectivity index (χ2n) is 8.71. The second-order valence-corrected chi connectivity index (χ2v) is 8.71. The van der Waals surface area contributed by atoms with Crippen LogP contribution in [-0.2, 0) is 10.2 Å². The van der Waals surface area contributed by atoms with Crippen LogP contribution in [0, 0.1) is 0 Å². The van der Waals surface area contributed by atoms with E-state index >= 15 is 0 Å². The minimum atomic E-state index is -0.324. The lowest BCUT2D eigenvalue weighted by Crippen LogP contribution is -2.44. The summed E-state index contributed by atoms with van der Waals surface area (Å²) in [6, 6.07) is 17.6. The minimum Gasteiger partial charge on any atom is -0.491 e. The van der Waals surface area contributed by atoms with E-state index < -0.39 is 0 Å². The van der Waals surface area contributed by atoms with Gasteiger partial charge in [0.25, 0.3) is 5.91 Å². The van der Waals surface area contributed by atoms with Crippen molar-refractivity contribution in [2.45, 2.75) is 57.0 Å². The van der Waals surface area contributed by atoms with Crippen LogP contribution in [0.4, 0.5) is 0 Å². The summed E-state index contributed by atoms with van der Waals surface area (Å²) in [5, 5.41) is 2.88. The van der Waals surface area contributed by atoms with Crippen LogP contribution in [-0.4, -0.2) is 41.9 Å². The van der Waals surface area contributed by atoms with Crippen molar-refractivity contribution in [3.8, 4) is 5.75 Å². The van der Waals surface area contributed by atoms with E-state index in [2.05, 4.69) is 17.4 Å². The third kappa shape index (κ3) is 4.20. The van der Waals surface area contributed by atoms with Gasteiger partial charge in [0.15, 0.2) is 0 Å². The van der Waals surface area contributed by atoms with Gasteiger partial charge in [0.1, 0.15) is 12.4 Å². The van der Waals surface area contributed by atoms with Gasteiger partial charge in [-0.1, -0.05) is 30.3 Å². The molecule has 30 heavy (non-hydrogen) atoms. The molecule has 5 heteroatoms. The molecule has 5 nitrogen and oxygen atoms in total. The Bertz CT molecular complexity index is 888. The molecule has 2 aromatic rings. The third-order valence-electron chi connectivity index (χ3n) is 6.10. The van der Waals surface area contributed by atoms with Gasteiger partial charge in [-0.15, -0.1) is 0 Å². The molecule has 1 atom stereocenters. The lowest BCUT2D eigenvalue weighted by molar-refractivity contribution is -0.135. The first-order chi connectivity index (χ1) is 14.5. The Morgan fingerprint density at radius 2 is 1.80 bits per heavy atom. The number of carbonyl (C=O) groups excluding carboxylic acids is 2. The molecule has 0 unspecified atom stereocenters. The van der Waals surface area contributed by atoms with E-state index in [4.69, 9.17) is 4.74 Å². The Morgan fingerprint density at radius 3 is 2.43 bits per heavy atom. The molecule has 0 spiro atoms. The maximum atomic E-state index is 13.4. The molecule has 0 aromatic heterocycles. The zero-order valence-electron chi connectivity index (χ0n) is 17.8. The van der Waals surface area contributed by atoms with Crippen LogP contribution in [0.1, 0.15) is 55.5 Å². The molecule has 0 radical (unpaired) electrons. The summed E-state index contributed by atoms with van der Waals surface area (Å²) in [6.07, 6.45) is 3.84. The number of likely N-dealkylation sites (tertiary alicyclic amines) is 1. The molecule has 2 aliphatic rings. The lowest BCUT2D eigenvalue weighted by atomic mass is 9.94. The van der Waals surface area contributed by atoms with Crippen molar-refractivity contribution in [2.75, 3.05) is 13.2 Å².